The average Bonchev–Trinajstić information content (AvgIpc) is 2.58. The summed E-state index contributed by atoms with van der Waals surface area (Å²) in [5.74, 6) is -3.68. The molecule has 5 nitrogen and oxygen atoms in total. The standard InChI is InChI=1S/C9H13NO4/c10-5-2-3-1-4(5)7(9(13)14)6(3)8(11)12/h3-7H,1-2,10H2,(H,11,12)(H,13,14)/t3-,4+,5-,6-,7+/m1/s1. The summed E-state index contributed by atoms with van der Waals surface area (Å²) in [7, 11) is 0. The van der Waals surface area contributed by atoms with E-state index < -0.39 is 23.8 Å². The second kappa shape index (κ2) is 2.95. The Bertz CT molecular complexity index is 291. The molecular weight excluding hydrogens is 186 g/mol. The zero-order chi connectivity index (χ0) is 10.5. The number of nitrogens with two attached hydrogens (primary N) is 1. The maximum Gasteiger partial charge on any atom is 0.307 e. The minimum atomic E-state index is -1.01. The summed E-state index contributed by atoms with van der Waals surface area (Å²) >= 11 is 0. The van der Waals surface area contributed by atoms with Crippen molar-refractivity contribution in [1.29, 1.82) is 0 Å². The predicted octanol–water partition coefficient (Wildman–Crippen LogP) is -0.245. The molecule has 4 N–H and O–H groups in total. The van der Waals surface area contributed by atoms with E-state index in [1.165, 1.54) is 0 Å². The smallest absolute Gasteiger partial charge is 0.307 e. The number of rotatable bonds is 2. The molecule has 5 heteroatoms. The Morgan fingerprint density at radius 2 is 1.64 bits per heavy atom. The molecule has 5 atom stereocenters. The highest BCUT2D eigenvalue weighted by Crippen LogP contribution is 2.51. The van der Waals surface area contributed by atoms with Gasteiger partial charge in [-0.2, -0.15) is 0 Å². The molecule has 2 saturated carbocycles. The van der Waals surface area contributed by atoms with Crippen LogP contribution in [0.1, 0.15) is 12.8 Å². The van der Waals surface area contributed by atoms with Crippen molar-refractivity contribution in [3.8, 4) is 0 Å². The quantitative estimate of drug-likeness (QED) is 0.569. The van der Waals surface area contributed by atoms with Crippen LogP contribution >= 0.6 is 0 Å². The summed E-state index contributed by atoms with van der Waals surface area (Å²) < 4.78 is 0. The summed E-state index contributed by atoms with van der Waals surface area (Å²) in [6.07, 6.45) is 1.32. The highest BCUT2D eigenvalue weighted by molar-refractivity contribution is 5.81. The van der Waals surface area contributed by atoms with Gasteiger partial charge in [-0.1, -0.05) is 0 Å². The molecule has 0 radical (unpaired) electrons. The van der Waals surface area contributed by atoms with Gasteiger partial charge in [-0.3, -0.25) is 9.59 Å². The number of carboxylic acids is 2. The lowest BCUT2D eigenvalue weighted by molar-refractivity contribution is -0.156. The van der Waals surface area contributed by atoms with Gasteiger partial charge in [-0.15, -0.1) is 0 Å². The number of fused-ring (bicyclic) bond motifs is 2. The second-order valence-corrected chi connectivity index (χ2v) is 4.29. The third kappa shape index (κ3) is 1.12. The molecule has 0 aromatic heterocycles. The first-order valence-corrected chi connectivity index (χ1v) is 4.73. The summed E-state index contributed by atoms with van der Waals surface area (Å²) in [6.45, 7) is 0. The third-order valence-electron chi connectivity index (χ3n) is 3.63. The van der Waals surface area contributed by atoms with E-state index in [2.05, 4.69) is 0 Å². The Kier molecular flexibility index (Phi) is 1.99. The van der Waals surface area contributed by atoms with Crippen molar-refractivity contribution in [2.45, 2.75) is 18.9 Å². The Hall–Kier alpha value is -1.10. The van der Waals surface area contributed by atoms with Gasteiger partial charge in [-0.25, -0.2) is 0 Å². The molecule has 78 valence electrons. The first kappa shape index (κ1) is 9.45. The van der Waals surface area contributed by atoms with Crippen molar-refractivity contribution in [3.63, 3.8) is 0 Å². The largest absolute Gasteiger partial charge is 0.481 e. The monoisotopic (exact) mass is 199 g/mol. The molecular formula is C9H13NO4. The molecule has 0 saturated heterocycles. The van der Waals surface area contributed by atoms with E-state index in [1.807, 2.05) is 0 Å². The summed E-state index contributed by atoms with van der Waals surface area (Å²) in [5, 5.41) is 17.9. The van der Waals surface area contributed by atoms with Crippen LogP contribution in [0.5, 0.6) is 0 Å². The Morgan fingerprint density at radius 3 is 2.14 bits per heavy atom. The Balaban J connectivity index is 2.27. The van der Waals surface area contributed by atoms with Crippen molar-refractivity contribution in [2.75, 3.05) is 0 Å². The summed E-state index contributed by atoms with van der Waals surface area (Å²) in [4.78, 5) is 21.8. The van der Waals surface area contributed by atoms with Gasteiger partial charge < -0.3 is 15.9 Å². The van der Waals surface area contributed by atoms with E-state index in [0.717, 1.165) is 0 Å². The first-order valence-electron chi connectivity index (χ1n) is 4.73. The minimum absolute atomic E-state index is 0.0337. The van der Waals surface area contributed by atoms with Crippen molar-refractivity contribution in [3.05, 3.63) is 0 Å². The second-order valence-electron chi connectivity index (χ2n) is 4.29. The lowest BCUT2D eigenvalue weighted by Crippen LogP contribution is -2.43. The van der Waals surface area contributed by atoms with E-state index >= 15 is 0 Å². The van der Waals surface area contributed by atoms with Gasteiger partial charge in [0.15, 0.2) is 0 Å². The number of aliphatic carboxylic acids is 2. The average molecular weight is 199 g/mol. The van der Waals surface area contributed by atoms with E-state index in [-0.39, 0.29) is 17.9 Å². The number of carbonyl (C=O) groups is 2. The van der Waals surface area contributed by atoms with Crippen LogP contribution in [-0.2, 0) is 9.59 Å². The van der Waals surface area contributed by atoms with Crippen LogP contribution in [0.2, 0.25) is 0 Å². The normalized spacial score (nSPS) is 45.4. The third-order valence-corrected chi connectivity index (χ3v) is 3.63. The van der Waals surface area contributed by atoms with Gasteiger partial charge >= 0.3 is 11.9 Å². The molecule has 2 fully saturated rings. The summed E-state index contributed by atoms with van der Waals surface area (Å²) in [5.41, 5.74) is 5.75. The number of hydrogen-bond acceptors (Lipinski definition) is 3. The van der Waals surface area contributed by atoms with Crippen molar-refractivity contribution < 1.29 is 19.8 Å². The SMILES string of the molecule is N[C@@H]1C[C@H]2C[C@@H]1[C@H](C(=O)O)[C@@H]2C(=O)O. The maximum absolute atomic E-state index is 10.9. The molecule has 0 heterocycles. The van der Waals surface area contributed by atoms with Crippen molar-refractivity contribution in [2.24, 2.45) is 29.4 Å². The molecule has 2 rings (SSSR count). The van der Waals surface area contributed by atoms with Gasteiger partial charge in [0.25, 0.3) is 0 Å². The Morgan fingerprint density at radius 1 is 1.07 bits per heavy atom. The molecule has 2 bridgehead atoms. The molecule has 0 amide bonds. The molecule has 0 spiro atoms. The van der Waals surface area contributed by atoms with Crippen LogP contribution in [-0.4, -0.2) is 28.2 Å². The van der Waals surface area contributed by atoms with Gasteiger partial charge in [0.05, 0.1) is 11.8 Å². The molecule has 14 heavy (non-hydrogen) atoms. The number of hydrogen-bond donors (Lipinski definition) is 3. The molecule has 0 unspecified atom stereocenters. The zero-order valence-corrected chi connectivity index (χ0v) is 7.59. The first-order chi connectivity index (χ1) is 6.52. The van der Waals surface area contributed by atoms with Crippen molar-refractivity contribution in [1.82, 2.24) is 0 Å². The highest BCUT2D eigenvalue weighted by Gasteiger charge is 2.57. The van der Waals surface area contributed by atoms with Crippen LogP contribution in [0.25, 0.3) is 0 Å². The van der Waals surface area contributed by atoms with Crippen LogP contribution in [0.3, 0.4) is 0 Å². The van der Waals surface area contributed by atoms with Crippen molar-refractivity contribution >= 4 is 11.9 Å². The van der Waals surface area contributed by atoms with E-state index in [9.17, 15) is 9.59 Å². The molecule has 0 aromatic rings. The molecule has 2 aliphatic rings. The van der Waals surface area contributed by atoms with Gasteiger partial charge in [0.2, 0.25) is 0 Å². The highest BCUT2D eigenvalue weighted by atomic mass is 16.4. The van der Waals surface area contributed by atoms with E-state index in [0.29, 0.717) is 12.8 Å². The lowest BCUT2D eigenvalue weighted by atomic mass is 9.77. The van der Waals surface area contributed by atoms with Crippen LogP contribution in [0.15, 0.2) is 0 Å². The van der Waals surface area contributed by atoms with Gasteiger partial charge in [0.1, 0.15) is 0 Å². The van der Waals surface area contributed by atoms with Crippen LogP contribution < -0.4 is 5.73 Å². The van der Waals surface area contributed by atoms with Crippen LogP contribution in [0, 0.1) is 23.7 Å². The fraction of sp³-hybridized carbons (Fsp3) is 0.778. The molecule has 2 aliphatic carbocycles. The number of carboxylic acid groups (broad SMARTS) is 2. The van der Waals surface area contributed by atoms with Crippen LogP contribution in [0.4, 0.5) is 0 Å². The maximum atomic E-state index is 10.9. The predicted molar refractivity (Wildman–Crippen MR) is 46.4 cm³/mol. The fourth-order valence-corrected chi connectivity index (χ4v) is 3.10. The zero-order valence-electron chi connectivity index (χ0n) is 7.59. The Labute approximate surface area is 80.9 Å². The van der Waals surface area contributed by atoms with Gasteiger partial charge in [-0.05, 0) is 24.7 Å². The lowest BCUT2D eigenvalue weighted by Gasteiger charge is -2.28. The van der Waals surface area contributed by atoms with E-state index in [4.69, 9.17) is 15.9 Å². The topological polar surface area (TPSA) is 101 Å². The summed E-state index contributed by atoms with van der Waals surface area (Å²) in [6, 6.07) is -0.128. The fourth-order valence-electron chi connectivity index (χ4n) is 3.10. The molecule has 0 aliphatic heterocycles. The van der Waals surface area contributed by atoms with Gasteiger partial charge in [0, 0.05) is 6.04 Å². The minimum Gasteiger partial charge on any atom is -0.481 e. The van der Waals surface area contributed by atoms with E-state index in [1.54, 1.807) is 0 Å². The molecule has 0 aromatic carbocycles.